The smallest absolute Gasteiger partial charge is 0.119 e. The first-order valence-corrected chi connectivity index (χ1v) is 25.8. The molecule has 9 nitrogen and oxygen atoms in total. The maximum atomic E-state index is 6.56. The number of benzene rings is 2. The first-order valence-electron chi connectivity index (χ1n) is 25.8. The zero-order valence-corrected chi connectivity index (χ0v) is 41.4. The Morgan fingerprint density at radius 2 is 0.866 bits per heavy atom. The van der Waals surface area contributed by atoms with Crippen molar-refractivity contribution in [3.8, 4) is 11.5 Å². The number of H-pyrrole nitrogens is 4. The highest BCUT2D eigenvalue weighted by Crippen LogP contribution is 2.29. The summed E-state index contributed by atoms with van der Waals surface area (Å²) >= 11 is 0. The fourth-order valence-corrected chi connectivity index (χ4v) is 9.36. The SMILES string of the molecule is CCCCCCCCCCCOc1cccc(C2=c3ccc([nH]3)=Cc3ccc([nH]3)C=c3ccc([nH]3)=C(c3cccc(OCCCN(CCN(CC)CC)CCN(CC)CC)c3)c3ccc2[nH]3)c1. The molecule has 0 amide bonds. The number of nitrogens with one attached hydrogen (secondary N) is 4. The average Bonchev–Trinajstić information content (AvgIpc) is 4.20. The topological polar surface area (TPSA) is 91.3 Å². The minimum Gasteiger partial charge on any atom is -0.494 e. The third-order valence-corrected chi connectivity index (χ3v) is 13.4. The molecule has 1 aliphatic heterocycles. The van der Waals surface area contributed by atoms with Crippen LogP contribution in [0.3, 0.4) is 0 Å². The van der Waals surface area contributed by atoms with Gasteiger partial charge in [0, 0.05) is 88.0 Å². The van der Waals surface area contributed by atoms with Crippen LogP contribution in [0.2, 0.25) is 0 Å². The third-order valence-electron chi connectivity index (χ3n) is 13.4. The molecule has 0 spiro atoms. The lowest BCUT2D eigenvalue weighted by Gasteiger charge is -2.28. The molecule has 2 aromatic carbocycles. The number of likely N-dealkylation sites (N-methyl/N-ethyl adjacent to an activating group) is 2. The van der Waals surface area contributed by atoms with Gasteiger partial charge in [-0.1, -0.05) is 110 Å². The van der Waals surface area contributed by atoms with Gasteiger partial charge in [-0.2, -0.15) is 0 Å². The Morgan fingerprint density at radius 1 is 0.403 bits per heavy atom. The molecule has 358 valence electrons. The van der Waals surface area contributed by atoms with Crippen LogP contribution in [0.1, 0.15) is 133 Å². The molecule has 0 fully saturated rings. The number of aromatic nitrogens is 4. The summed E-state index contributed by atoms with van der Waals surface area (Å²) in [4.78, 5) is 22.7. The Labute approximate surface area is 400 Å². The van der Waals surface area contributed by atoms with Crippen LogP contribution in [0.15, 0.2) is 97.1 Å². The van der Waals surface area contributed by atoms with Gasteiger partial charge in [-0.05, 0) is 135 Å². The standard InChI is InChI=1S/C58H79N7O2/c1-6-11-12-13-14-15-16-17-18-39-66-51-24-19-22-45(41-51)57-53-30-28-49(60-53)43-47-26-27-48(59-47)44-50-29-31-54(61-50)58(56-33-32-55(57)62-56)46-23-20-25-52(42-46)67-40-21-34-65(37-35-63(7-2)8-3)38-36-64(9-4)10-5/h19-20,22-33,41-44,59-62H,6-18,21,34-40H2,1-5H3. The first kappa shape index (κ1) is 49.4. The van der Waals surface area contributed by atoms with Crippen LogP contribution < -0.4 is 30.9 Å². The summed E-state index contributed by atoms with van der Waals surface area (Å²) in [5, 5.41) is 4.10. The van der Waals surface area contributed by atoms with Crippen LogP contribution in [0.5, 0.6) is 11.5 Å². The summed E-state index contributed by atoms with van der Waals surface area (Å²) in [5.74, 6) is 1.77. The van der Waals surface area contributed by atoms with Crippen LogP contribution in [0.25, 0.3) is 23.3 Å². The fourth-order valence-electron chi connectivity index (χ4n) is 9.36. The van der Waals surface area contributed by atoms with Crippen molar-refractivity contribution in [2.75, 3.05) is 72.1 Å². The van der Waals surface area contributed by atoms with E-state index in [1.807, 2.05) is 0 Å². The molecule has 0 radical (unpaired) electrons. The third kappa shape index (κ3) is 14.5. The van der Waals surface area contributed by atoms with E-state index in [9.17, 15) is 0 Å². The molecule has 6 aromatic rings. The highest BCUT2D eigenvalue weighted by molar-refractivity contribution is 5.82. The summed E-state index contributed by atoms with van der Waals surface area (Å²) in [6.45, 7) is 22.4. The van der Waals surface area contributed by atoms with Crippen LogP contribution in [0.4, 0.5) is 0 Å². The van der Waals surface area contributed by atoms with Gasteiger partial charge in [-0.25, -0.2) is 0 Å². The van der Waals surface area contributed by atoms with Crippen LogP contribution in [0, 0.1) is 0 Å². The zero-order chi connectivity index (χ0) is 46.6. The van der Waals surface area contributed by atoms with E-state index in [0.717, 1.165) is 156 Å². The predicted molar refractivity (Wildman–Crippen MR) is 280 cm³/mol. The monoisotopic (exact) mass is 906 g/mol. The van der Waals surface area contributed by atoms with Crippen molar-refractivity contribution in [3.63, 3.8) is 0 Å². The Morgan fingerprint density at radius 3 is 1.36 bits per heavy atom. The molecule has 0 saturated heterocycles. The molecule has 0 aliphatic carbocycles. The first-order chi connectivity index (χ1) is 33.0. The second kappa shape index (κ2) is 26.2. The minimum absolute atomic E-state index is 0.661. The van der Waals surface area contributed by atoms with Gasteiger partial charge in [0.1, 0.15) is 11.5 Å². The van der Waals surface area contributed by atoms with E-state index in [1.54, 1.807) is 0 Å². The van der Waals surface area contributed by atoms with E-state index in [2.05, 4.69) is 178 Å². The van der Waals surface area contributed by atoms with Gasteiger partial charge in [-0.3, -0.25) is 0 Å². The van der Waals surface area contributed by atoms with Gasteiger partial charge in [-0.15, -0.1) is 0 Å². The predicted octanol–water partition coefficient (Wildman–Crippen LogP) is 9.13. The van der Waals surface area contributed by atoms with E-state index < -0.39 is 0 Å². The Kier molecular flexibility index (Phi) is 19.3. The maximum absolute atomic E-state index is 6.56. The van der Waals surface area contributed by atoms with Crippen molar-refractivity contribution in [2.45, 2.75) is 98.8 Å². The molecule has 9 heteroatoms. The number of rotatable bonds is 28. The summed E-state index contributed by atoms with van der Waals surface area (Å²) in [7, 11) is 0. The van der Waals surface area contributed by atoms with E-state index in [-0.39, 0.29) is 0 Å². The lowest BCUT2D eigenvalue weighted by atomic mass is 10.0. The Hall–Kier alpha value is -5.48. The zero-order valence-electron chi connectivity index (χ0n) is 41.4. The maximum Gasteiger partial charge on any atom is 0.119 e. The molecule has 7 rings (SSSR count). The van der Waals surface area contributed by atoms with Gasteiger partial charge < -0.3 is 44.1 Å². The highest BCUT2D eigenvalue weighted by atomic mass is 16.5. The van der Waals surface area contributed by atoms with Crippen molar-refractivity contribution in [2.24, 2.45) is 0 Å². The normalized spacial score (nSPS) is 12.6. The molecule has 5 heterocycles. The summed E-state index contributed by atoms with van der Waals surface area (Å²) < 4.78 is 13.0. The van der Waals surface area contributed by atoms with Gasteiger partial charge >= 0.3 is 0 Å². The summed E-state index contributed by atoms with van der Waals surface area (Å²) in [6, 6.07) is 34.5. The van der Waals surface area contributed by atoms with Gasteiger partial charge in [0.2, 0.25) is 0 Å². The highest BCUT2D eigenvalue weighted by Gasteiger charge is 2.17. The second-order valence-corrected chi connectivity index (χ2v) is 18.2. The second-order valence-electron chi connectivity index (χ2n) is 18.2. The average molecular weight is 906 g/mol. The quantitative estimate of drug-likeness (QED) is 0.0369. The lowest BCUT2D eigenvalue weighted by Crippen LogP contribution is -2.40. The molecule has 8 bridgehead atoms. The van der Waals surface area contributed by atoms with E-state index in [1.165, 1.54) is 51.4 Å². The number of aromatic amines is 4. The molecular weight excluding hydrogens is 827 g/mol. The lowest BCUT2D eigenvalue weighted by molar-refractivity contribution is 0.175. The number of nitrogens with zero attached hydrogens (tertiary/aromatic N) is 3. The number of unbranched alkanes of at least 4 members (excludes halogenated alkanes) is 8. The molecular formula is C58H79N7O2. The number of fused-ring (bicyclic) bond motifs is 8. The fraction of sp³-hybridized carbons (Fsp3) is 0.448. The molecule has 1 aliphatic rings. The molecule has 0 atom stereocenters. The van der Waals surface area contributed by atoms with Crippen molar-refractivity contribution in [3.05, 3.63) is 152 Å². The van der Waals surface area contributed by atoms with Crippen LogP contribution in [-0.2, 0) is 0 Å². The Bertz CT molecular complexity index is 2620. The number of hydrogen-bond donors (Lipinski definition) is 4. The van der Waals surface area contributed by atoms with Crippen LogP contribution >= 0.6 is 0 Å². The van der Waals surface area contributed by atoms with Gasteiger partial charge in [0.05, 0.1) is 13.2 Å². The molecule has 4 N–H and O–H groups in total. The largest absolute Gasteiger partial charge is 0.494 e. The number of hydrogen-bond acceptors (Lipinski definition) is 5. The van der Waals surface area contributed by atoms with Crippen molar-refractivity contribution in [1.82, 2.24) is 34.6 Å². The van der Waals surface area contributed by atoms with Crippen molar-refractivity contribution < 1.29 is 9.47 Å². The minimum atomic E-state index is 0.661. The van der Waals surface area contributed by atoms with Gasteiger partial charge in [0.15, 0.2) is 0 Å². The van der Waals surface area contributed by atoms with Crippen molar-refractivity contribution in [1.29, 1.82) is 0 Å². The van der Waals surface area contributed by atoms with Crippen molar-refractivity contribution >= 4 is 23.3 Å². The van der Waals surface area contributed by atoms with Gasteiger partial charge in [0.25, 0.3) is 0 Å². The number of ether oxygens (including phenoxy) is 2. The molecule has 0 saturated carbocycles. The van der Waals surface area contributed by atoms with E-state index in [4.69, 9.17) is 9.47 Å². The molecule has 0 unspecified atom stereocenters. The summed E-state index contributed by atoms with van der Waals surface area (Å²) in [6.07, 6.45) is 16.9. The summed E-state index contributed by atoms with van der Waals surface area (Å²) in [5.41, 5.74) is 8.42. The van der Waals surface area contributed by atoms with E-state index >= 15 is 0 Å². The molecule has 4 aromatic heterocycles. The van der Waals surface area contributed by atoms with E-state index in [0.29, 0.717) is 6.61 Å². The molecule has 67 heavy (non-hydrogen) atoms. The Balaban J connectivity index is 1.14. The van der Waals surface area contributed by atoms with Crippen LogP contribution in [-0.4, -0.2) is 107 Å².